The van der Waals surface area contributed by atoms with Crippen LogP contribution in [0.1, 0.15) is 5.56 Å². The minimum Gasteiger partial charge on any atom is -0.493 e. The number of ether oxygens (including phenoxy) is 3. The summed E-state index contributed by atoms with van der Waals surface area (Å²) in [5, 5.41) is 2.15. The second-order valence-electron chi connectivity index (χ2n) is 6.14. The fraction of sp³-hybridized carbons (Fsp3) is 0.190. The molecule has 3 rings (SSSR count). The van der Waals surface area contributed by atoms with Gasteiger partial charge in [0.2, 0.25) is 11.7 Å². The normalized spacial score (nSPS) is 14.8. The molecule has 1 saturated heterocycles. The molecule has 1 heterocycles. The van der Waals surface area contributed by atoms with E-state index in [1.807, 2.05) is 30.3 Å². The van der Waals surface area contributed by atoms with E-state index in [0.717, 1.165) is 22.2 Å². The topological polar surface area (TPSA) is 94.2 Å². The molecule has 0 bridgehead atoms. The van der Waals surface area contributed by atoms with Crippen LogP contribution in [0.4, 0.5) is 10.5 Å². The van der Waals surface area contributed by atoms with Gasteiger partial charge in [-0.05, 0) is 23.4 Å². The molecule has 1 fully saturated rings. The Morgan fingerprint density at radius 1 is 1.03 bits per heavy atom. The van der Waals surface area contributed by atoms with Gasteiger partial charge in [-0.25, -0.2) is 0 Å². The third-order valence-corrected chi connectivity index (χ3v) is 5.13. The monoisotopic (exact) mass is 428 g/mol. The maximum Gasteiger partial charge on any atom is 0.294 e. The highest BCUT2D eigenvalue weighted by Gasteiger charge is 2.36. The molecule has 1 aliphatic heterocycles. The van der Waals surface area contributed by atoms with E-state index in [4.69, 9.17) is 14.2 Å². The number of carbonyl (C=O) groups excluding carboxylic acids is 3. The van der Waals surface area contributed by atoms with Gasteiger partial charge < -0.3 is 19.5 Å². The maximum absolute atomic E-state index is 12.6. The molecule has 9 heteroatoms. The molecule has 8 nitrogen and oxygen atoms in total. The standard InChI is InChI=1S/C21H20N2O6S/c1-27-15-10-14(11-16(28-2)19(15)29-3)22-18(24)12-23-20(25)17(30-21(23)26)9-13-7-5-4-6-8-13/h4-11H,12H2,1-3H3,(H,22,24)/b17-9+. The number of anilines is 1. The predicted octanol–water partition coefficient (Wildman–Crippen LogP) is 3.39. The van der Waals surface area contributed by atoms with Crippen molar-refractivity contribution in [2.45, 2.75) is 0 Å². The molecule has 0 unspecified atom stereocenters. The molecule has 30 heavy (non-hydrogen) atoms. The van der Waals surface area contributed by atoms with Gasteiger partial charge in [-0.2, -0.15) is 0 Å². The first-order valence-corrected chi connectivity index (χ1v) is 9.68. The van der Waals surface area contributed by atoms with Gasteiger partial charge in [0.25, 0.3) is 11.1 Å². The summed E-state index contributed by atoms with van der Waals surface area (Å²) < 4.78 is 15.8. The third kappa shape index (κ3) is 4.57. The highest BCUT2D eigenvalue weighted by atomic mass is 32.2. The number of hydrogen-bond acceptors (Lipinski definition) is 7. The zero-order valence-corrected chi connectivity index (χ0v) is 17.4. The molecular formula is C21H20N2O6S. The van der Waals surface area contributed by atoms with Crippen molar-refractivity contribution in [3.63, 3.8) is 0 Å². The Balaban J connectivity index is 1.73. The van der Waals surface area contributed by atoms with Crippen molar-refractivity contribution in [1.82, 2.24) is 4.90 Å². The van der Waals surface area contributed by atoms with Crippen LogP contribution in [-0.4, -0.2) is 49.8 Å². The van der Waals surface area contributed by atoms with Crippen LogP contribution in [0.2, 0.25) is 0 Å². The van der Waals surface area contributed by atoms with Gasteiger partial charge in [-0.3, -0.25) is 19.3 Å². The fourth-order valence-corrected chi connectivity index (χ4v) is 3.67. The predicted molar refractivity (Wildman–Crippen MR) is 114 cm³/mol. The molecular weight excluding hydrogens is 408 g/mol. The summed E-state index contributed by atoms with van der Waals surface area (Å²) in [5.74, 6) is 0.0737. The van der Waals surface area contributed by atoms with Crippen molar-refractivity contribution in [1.29, 1.82) is 0 Å². The van der Waals surface area contributed by atoms with Crippen LogP contribution in [0.15, 0.2) is 47.4 Å². The Labute approximate surface area is 177 Å². The molecule has 0 radical (unpaired) electrons. The number of imide groups is 1. The lowest BCUT2D eigenvalue weighted by atomic mass is 10.2. The quantitative estimate of drug-likeness (QED) is 0.676. The number of carbonyl (C=O) groups is 3. The number of thioether (sulfide) groups is 1. The number of methoxy groups -OCH3 is 3. The minimum atomic E-state index is -0.535. The van der Waals surface area contributed by atoms with Crippen LogP contribution < -0.4 is 19.5 Å². The first-order chi connectivity index (χ1) is 14.5. The Kier molecular flexibility index (Phi) is 6.63. The number of nitrogens with one attached hydrogen (secondary N) is 1. The smallest absolute Gasteiger partial charge is 0.294 e. The van der Waals surface area contributed by atoms with Crippen molar-refractivity contribution in [3.8, 4) is 17.2 Å². The zero-order chi connectivity index (χ0) is 21.7. The van der Waals surface area contributed by atoms with E-state index >= 15 is 0 Å². The lowest BCUT2D eigenvalue weighted by Crippen LogP contribution is -2.36. The Morgan fingerprint density at radius 2 is 1.67 bits per heavy atom. The maximum atomic E-state index is 12.6. The third-order valence-electron chi connectivity index (χ3n) is 4.22. The van der Waals surface area contributed by atoms with E-state index < -0.39 is 23.6 Å². The molecule has 156 valence electrons. The van der Waals surface area contributed by atoms with Gasteiger partial charge in [0, 0.05) is 17.8 Å². The second kappa shape index (κ2) is 9.36. The Bertz CT molecular complexity index is 981. The summed E-state index contributed by atoms with van der Waals surface area (Å²) in [7, 11) is 4.39. The van der Waals surface area contributed by atoms with Gasteiger partial charge in [0.1, 0.15) is 6.54 Å². The molecule has 0 aromatic heterocycles. The Morgan fingerprint density at radius 3 is 2.23 bits per heavy atom. The van der Waals surface area contributed by atoms with Crippen LogP contribution in [0.5, 0.6) is 17.2 Å². The summed E-state index contributed by atoms with van der Waals surface area (Å²) in [6.45, 7) is -0.409. The zero-order valence-electron chi connectivity index (χ0n) is 16.6. The summed E-state index contributed by atoms with van der Waals surface area (Å²) in [6.07, 6.45) is 1.63. The van der Waals surface area contributed by atoms with E-state index in [0.29, 0.717) is 22.9 Å². The Hall–Kier alpha value is -3.46. The van der Waals surface area contributed by atoms with Gasteiger partial charge in [0.15, 0.2) is 11.5 Å². The number of benzene rings is 2. The first-order valence-electron chi connectivity index (χ1n) is 8.87. The van der Waals surface area contributed by atoms with E-state index in [2.05, 4.69) is 5.32 Å². The van der Waals surface area contributed by atoms with E-state index in [9.17, 15) is 14.4 Å². The van der Waals surface area contributed by atoms with Crippen LogP contribution in [-0.2, 0) is 9.59 Å². The lowest BCUT2D eigenvalue weighted by molar-refractivity contribution is -0.127. The summed E-state index contributed by atoms with van der Waals surface area (Å²) in [6, 6.07) is 12.3. The van der Waals surface area contributed by atoms with Crippen molar-refractivity contribution in [2.75, 3.05) is 33.2 Å². The van der Waals surface area contributed by atoms with Crippen molar-refractivity contribution in [2.24, 2.45) is 0 Å². The molecule has 3 amide bonds. The fourth-order valence-electron chi connectivity index (χ4n) is 2.83. The number of nitrogens with zero attached hydrogens (tertiary/aromatic N) is 1. The molecule has 1 N–H and O–H groups in total. The van der Waals surface area contributed by atoms with Gasteiger partial charge in [0.05, 0.1) is 26.2 Å². The summed E-state index contributed by atoms with van der Waals surface area (Å²) in [5.41, 5.74) is 1.17. The molecule has 0 atom stereocenters. The molecule has 1 aliphatic rings. The first kappa shape index (κ1) is 21.3. The minimum absolute atomic E-state index is 0.270. The average Bonchev–Trinajstić information content (AvgIpc) is 3.00. The number of rotatable bonds is 7. The molecule has 0 saturated carbocycles. The number of hydrogen-bond donors (Lipinski definition) is 1. The summed E-state index contributed by atoms with van der Waals surface area (Å²) >= 11 is 0.804. The highest BCUT2D eigenvalue weighted by molar-refractivity contribution is 8.18. The van der Waals surface area contributed by atoms with Gasteiger partial charge >= 0.3 is 0 Å². The number of amides is 3. The van der Waals surface area contributed by atoms with Crippen LogP contribution in [0.25, 0.3) is 6.08 Å². The van der Waals surface area contributed by atoms with E-state index in [-0.39, 0.29) is 4.91 Å². The van der Waals surface area contributed by atoms with Crippen molar-refractivity contribution < 1.29 is 28.6 Å². The van der Waals surface area contributed by atoms with Crippen LogP contribution in [0, 0.1) is 0 Å². The average molecular weight is 428 g/mol. The highest BCUT2D eigenvalue weighted by Crippen LogP contribution is 2.40. The molecule has 2 aromatic carbocycles. The van der Waals surface area contributed by atoms with Crippen molar-refractivity contribution in [3.05, 3.63) is 52.9 Å². The SMILES string of the molecule is COc1cc(NC(=O)CN2C(=O)S/C(=C/c3ccccc3)C2=O)cc(OC)c1OC. The van der Waals surface area contributed by atoms with E-state index in [1.165, 1.54) is 21.3 Å². The van der Waals surface area contributed by atoms with Crippen LogP contribution in [0.3, 0.4) is 0 Å². The van der Waals surface area contributed by atoms with Gasteiger partial charge in [-0.1, -0.05) is 30.3 Å². The van der Waals surface area contributed by atoms with E-state index in [1.54, 1.807) is 18.2 Å². The largest absolute Gasteiger partial charge is 0.493 e. The van der Waals surface area contributed by atoms with Crippen LogP contribution >= 0.6 is 11.8 Å². The second-order valence-corrected chi connectivity index (χ2v) is 7.13. The van der Waals surface area contributed by atoms with Crippen molar-refractivity contribution >= 4 is 40.6 Å². The molecule has 0 spiro atoms. The molecule has 2 aromatic rings. The summed E-state index contributed by atoms with van der Waals surface area (Å²) in [4.78, 5) is 38.5. The van der Waals surface area contributed by atoms with Gasteiger partial charge in [-0.15, -0.1) is 0 Å². The lowest BCUT2D eigenvalue weighted by Gasteiger charge is -2.16. The molecule has 0 aliphatic carbocycles.